The Bertz CT molecular complexity index is 663. The highest BCUT2D eigenvalue weighted by molar-refractivity contribution is 5.79. The highest BCUT2D eigenvalue weighted by Gasteiger charge is 2.52. The Morgan fingerprint density at radius 3 is 2.00 bits per heavy atom. The number of carbonyl (C=O) groups is 1. The molecule has 2 heterocycles. The van der Waals surface area contributed by atoms with E-state index in [1.165, 1.54) is 0 Å². The Morgan fingerprint density at radius 1 is 0.812 bits per heavy atom. The van der Waals surface area contributed by atoms with Crippen LogP contribution in [-0.2, 0) is 23.7 Å². The lowest BCUT2D eigenvalue weighted by atomic mass is 9.84. The maximum atomic E-state index is 11.6. The van der Waals surface area contributed by atoms with E-state index in [1.54, 1.807) is 0 Å². The first-order valence-corrected chi connectivity index (χ1v) is 10.3. The Hall–Kier alpha value is -1.05. The molecule has 1 amide bonds. The molecule has 3 fully saturated rings. The van der Waals surface area contributed by atoms with Crippen molar-refractivity contribution < 1.29 is 49.3 Å². The van der Waals surface area contributed by atoms with Crippen LogP contribution in [0.15, 0.2) is 0 Å². The van der Waals surface area contributed by atoms with Gasteiger partial charge in [0.15, 0.2) is 18.7 Å². The number of rotatable bonds is 6. The lowest BCUT2D eigenvalue weighted by Crippen LogP contribution is -2.68. The smallest absolute Gasteiger partial charge is 0.249 e. The van der Waals surface area contributed by atoms with Gasteiger partial charge in [0.05, 0.1) is 12.1 Å². The van der Waals surface area contributed by atoms with E-state index in [0.717, 1.165) is 0 Å². The van der Waals surface area contributed by atoms with Gasteiger partial charge < -0.3 is 73.1 Å². The summed E-state index contributed by atoms with van der Waals surface area (Å²) in [5, 5.41) is 51.0. The van der Waals surface area contributed by atoms with Crippen LogP contribution >= 0.6 is 0 Å². The maximum Gasteiger partial charge on any atom is 0.249 e. The van der Waals surface area contributed by atoms with Gasteiger partial charge in [-0.05, 0) is 6.42 Å². The zero-order valence-corrected chi connectivity index (χ0v) is 17.2. The van der Waals surface area contributed by atoms with E-state index >= 15 is 0 Å². The predicted octanol–water partition coefficient (Wildman–Crippen LogP) is -7.16. The minimum atomic E-state index is -1.68. The van der Waals surface area contributed by atoms with E-state index < -0.39 is 91.5 Å². The summed E-state index contributed by atoms with van der Waals surface area (Å²) < 4.78 is 22.3. The van der Waals surface area contributed by atoms with E-state index in [-0.39, 0.29) is 13.0 Å². The number of aliphatic hydroxyl groups is 5. The van der Waals surface area contributed by atoms with Crippen LogP contribution in [0.1, 0.15) is 6.42 Å². The van der Waals surface area contributed by atoms with Crippen molar-refractivity contribution >= 4 is 5.91 Å². The summed E-state index contributed by atoms with van der Waals surface area (Å²) >= 11 is 0. The standard InChI is InChI=1S/C17H33N5O10/c18-2-5-8(24)11(27)17(29-5)31-13-7(23)3(19)1-4(20)12(13)30-16-6(21)9(25)10(26)14(32-16)15(22)28/h3-14,16-17,23-27H,1-2,18-21H2,(H2,22,28)/t3-,4+,5-,6-,7+,8-,9-,10+,11-,12-,13-,14-,16+,17-/m1/s1. The summed E-state index contributed by atoms with van der Waals surface area (Å²) in [6.45, 7) is -0.0935. The van der Waals surface area contributed by atoms with E-state index in [4.69, 9.17) is 47.6 Å². The first-order chi connectivity index (χ1) is 15.0. The van der Waals surface area contributed by atoms with Gasteiger partial charge in [0.25, 0.3) is 0 Å². The second-order valence-electron chi connectivity index (χ2n) is 8.40. The second kappa shape index (κ2) is 10.1. The van der Waals surface area contributed by atoms with E-state index in [9.17, 15) is 30.3 Å². The van der Waals surface area contributed by atoms with Crippen molar-refractivity contribution in [2.75, 3.05) is 6.54 Å². The lowest BCUT2D eigenvalue weighted by Gasteiger charge is -2.47. The van der Waals surface area contributed by atoms with Crippen LogP contribution in [0.2, 0.25) is 0 Å². The average Bonchev–Trinajstić information content (AvgIpc) is 3.01. The highest BCUT2D eigenvalue weighted by atomic mass is 16.7. The van der Waals surface area contributed by atoms with Crippen molar-refractivity contribution in [3.05, 3.63) is 0 Å². The number of primary amides is 1. The molecular formula is C17H33N5O10. The molecule has 0 radical (unpaired) electrons. The van der Waals surface area contributed by atoms with Crippen LogP contribution in [0.4, 0.5) is 0 Å². The Kier molecular flexibility index (Phi) is 8.04. The molecule has 2 aliphatic heterocycles. The number of hydrogen-bond donors (Lipinski definition) is 10. The first kappa shape index (κ1) is 25.6. The van der Waals surface area contributed by atoms with Gasteiger partial charge in [-0.2, -0.15) is 0 Å². The highest BCUT2D eigenvalue weighted by Crippen LogP contribution is 2.31. The number of amides is 1. The Balaban J connectivity index is 1.80. The van der Waals surface area contributed by atoms with E-state index in [0.29, 0.717) is 0 Å². The molecule has 0 aromatic rings. The molecule has 0 spiro atoms. The van der Waals surface area contributed by atoms with Gasteiger partial charge in [0.2, 0.25) is 5.91 Å². The van der Waals surface area contributed by atoms with Crippen molar-refractivity contribution in [2.45, 2.75) is 92.1 Å². The molecule has 3 rings (SSSR count). The fraction of sp³-hybridized carbons (Fsp3) is 0.941. The molecule has 186 valence electrons. The summed E-state index contributed by atoms with van der Waals surface area (Å²) in [6, 6.07) is -2.97. The fourth-order valence-electron chi connectivity index (χ4n) is 4.18. The third-order valence-electron chi connectivity index (χ3n) is 6.13. The van der Waals surface area contributed by atoms with Crippen molar-refractivity contribution in [1.82, 2.24) is 0 Å². The number of carbonyl (C=O) groups excluding carboxylic acids is 1. The predicted molar refractivity (Wildman–Crippen MR) is 104 cm³/mol. The largest absolute Gasteiger partial charge is 0.389 e. The first-order valence-electron chi connectivity index (χ1n) is 10.3. The van der Waals surface area contributed by atoms with Crippen molar-refractivity contribution in [2.24, 2.45) is 28.7 Å². The van der Waals surface area contributed by atoms with Crippen molar-refractivity contribution in [3.63, 3.8) is 0 Å². The third kappa shape index (κ3) is 4.76. The molecule has 15 N–H and O–H groups in total. The molecule has 0 aromatic heterocycles. The average molecular weight is 467 g/mol. The molecule has 0 unspecified atom stereocenters. The van der Waals surface area contributed by atoms with Crippen LogP contribution in [0.25, 0.3) is 0 Å². The molecule has 15 nitrogen and oxygen atoms in total. The SMILES string of the molecule is NC[C@H]1O[C@H](O[C@@H]2[C@@H](O)[C@H](N)C[C@H](N)[C@H]2O[C@H]2O[C@@H](C(N)=O)[C@@H](O)[C@H](O)[C@H]2N)[C@H](O)[C@@H]1O. The summed E-state index contributed by atoms with van der Waals surface area (Å²) in [6.07, 6.45) is -15.1. The molecule has 14 atom stereocenters. The van der Waals surface area contributed by atoms with Gasteiger partial charge in [-0.3, -0.25) is 4.79 Å². The van der Waals surface area contributed by atoms with Gasteiger partial charge in [-0.25, -0.2) is 0 Å². The van der Waals surface area contributed by atoms with E-state index in [1.807, 2.05) is 0 Å². The molecule has 0 aromatic carbocycles. The van der Waals surface area contributed by atoms with Gasteiger partial charge >= 0.3 is 0 Å². The molecule has 0 bridgehead atoms. The van der Waals surface area contributed by atoms with Crippen molar-refractivity contribution in [3.8, 4) is 0 Å². The number of aliphatic hydroxyl groups excluding tert-OH is 5. The van der Waals surface area contributed by atoms with Crippen LogP contribution in [0, 0.1) is 0 Å². The van der Waals surface area contributed by atoms with E-state index in [2.05, 4.69) is 0 Å². The van der Waals surface area contributed by atoms with Gasteiger partial charge in [0.1, 0.15) is 42.7 Å². The number of ether oxygens (including phenoxy) is 4. The zero-order valence-electron chi connectivity index (χ0n) is 17.2. The minimum absolute atomic E-state index is 0.0935. The molecule has 3 aliphatic rings. The summed E-state index contributed by atoms with van der Waals surface area (Å²) in [5.41, 5.74) is 28.7. The van der Waals surface area contributed by atoms with Crippen LogP contribution in [0.3, 0.4) is 0 Å². The Labute approximate surface area is 183 Å². The molecule has 1 aliphatic carbocycles. The summed E-state index contributed by atoms with van der Waals surface area (Å²) in [7, 11) is 0. The third-order valence-corrected chi connectivity index (χ3v) is 6.13. The molecule has 32 heavy (non-hydrogen) atoms. The van der Waals surface area contributed by atoms with Crippen LogP contribution < -0.4 is 28.7 Å². The monoisotopic (exact) mass is 467 g/mol. The molecular weight excluding hydrogens is 434 g/mol. The van der Waals surface area contributed by atoms with Crippen molar-refractivity contribution in [1.29, 1.82) is 0 Å². The van der Waals surface area contributed by atoms with Crippen LogP contribution in [-0.4, -0.2) is 124 Å². The number of nitrogens with two attached hydrogens (primary N) is 5. The fourth-order valence-corrected chi connectivity index (χ4v) is 4.18. The zero-order chi connectivity index (χ0) is 23.9. The molecule has 1 saturated carbocycles. The summed E-state index contributed by atoms with van der Waals surface area (Å²) in [5.74, 6) is -1.05. The van der Waals surface area contributed by atoms with Gasteiger partial charge in [0, 0.05) is 18.6 Å². The number of hydrogen-bond acceptors (Lipinski definition) is 14. The minimum Gasteiger partial charge on any atom is -0.389 e. The maximum absolute atomic E-state index is 11.6. The molecule has 2 saturated heterocycles. The topological polar surface area (TPSA) is 285 Å². The Morgan fingerprint density at radius 2 is 1.44 bits per heavy atom. The quantitative estimate of drug-likeness (QED) is 0.174. The summed E-state index contributed by atoms with van der Waals surface area (Å²) in [4.78, 5) is 11.6. The molecule has 15 heteroatoms. The lowest BCUT2D eigenvalue weighted by molar-refractivity contribution is -0.303. The second-order valence-corrected chi connectivity index (χ2v) is 8.40. The van der Waals surface area contributed by atoms with Gasteiger partial charge in [-0.15, -0.1) is 0 Å². The normalized spacial score (nSPS) is 52.2. The van der Waals surface area contributed by atoms with Gasteiger partial charge in [-0.1, -0.05) is 0 Å². The van der Waals surface area contributed by atoms with Crippen LogP contribution in [0.5, 0.6) is 0 Å².